The summed E-state index contributed by atoms with van der Waals surface area (Å²) in [5.74, 6) is 0.375. The van der Waals surface area contributed by atoms with Gasteiger partial charge in [-0.25, -0.2) is 0 Å². The Kier molecular flexibility index (Phi) is 7.11. The monoisotopic (exact) mass is 524 g/mol. The topological polar surface area (TPSA) is 91.8 Å². The first-order valence-electron chi connectivity index (χ1n) is 13.6. The van der Waals surface area contributed by atoms with Crippen LogP contribution >= 0.6 is 0 Å². The number of fused-ring (bicyclic) bond motifs is 1. The van der Waals surface area contributed by atoms with Crippen LogP contribution in [-0.2, 0) is 29.3 Å². The molecule has 3 amide bonds. The summed E-state index contributed by atoms with van der Waals surface area (Å²) >= 11 is 0. The van der Waals surface area contributed by atoms with Crippen LogP contribution in [0.2, 0.25) is 0 Å². The maximum absolute atomic E-state index is 13.0. The molecule has 1 aromatic heterocycles. The fourth-order valence-electron chi connectivity index (χ4n) is 5.91. The van der Waals surface area contributed by atoms with Crippen LogP contribution in [0.25, 0.3) is 0 Å². The minimum Gasteiger partial charge on any atom is -0.489 e. The van der Waals surface area contributed by atoms with Crippen LogP contribution in [0.5, 0.6) is 5.75 Å². The van der Waals surface area contributed by atoms with Crippen molar-refractivity contribution in [2.75, 3.05) is 13.1 Å². The molecule has 2 saturated heterocycles. The highest BCUT2D eigenvalue weighted by Gasteiger charge is 2.40. The molecule has 0 saturated carbocycles. The molecule has 3 aromatic rings. The number of benzene rings is 2. The molecule has 1 N–H and O–H groups in total. The van der Waals surface area contributed by atoms with Gasteiger partial charge in [0.25, 0.3) is 5.91 Å². The van der Waals surface area contributed by atoms with E-state index in [4.69, 9.17) is 4.74 Å². The zero-order valence-corrected chi connectivity index (χ0v) is 21.8. The molecule has 2 fully saturated rings. The summed E-state index contributed by atoms with van der Waals surface area (Å²) in [6.45, 7) is 3.81. The van der Waals surface area contributed by atoms with Crippen LogP contribution in [0, 0.1) is 0 Å². The zero-order valence-electron chi connectivity index (χ0n) is 21.8. The molecule has 8 heteroatoms. The second-order valence-corrected chi connectivity index (χ2v) is 10.6. The smallest absolute Gasteiger partial charge is 0.255 e. The van der Waals surface area contributed by atoms with Crippen molar-refractivity contribution in [1.29, 1.82) is 0 Å². The van der Waals surface area contributed by atoms with Crippen molar-refractivity contribution in [3.8, 4) is 5.75 Å². The third kappa shape index (κ3) is 5.43. The van der Waals surface area contributed by atoms with Gasteiger partial charge in [0, 0.05) is 36.5 Å². The quantitative estimate of drug-likeness (QED) is 0.473. The molecule has 1 unspecified atom stereocenters. The number of nitrogens with zero attached hydrogens (tertiary/aromatic N) is 3. The first-order chi connectivity index (χ1) is 19.0. The van der Waals surface area contributed by atoms with Crippen LogP contribution in [0.15, 0.2) is 67.0 Å². The molecule has 0 radical (unpaired) electrons. The van der Waals surface area contributed by atoms with Crippen molar-refractivity contribution in [1.82, 2.24) is 20.1 Å². The number of carbonyl (C=O) groups excluding carboxylic acids is 3. The Morgan fingerprint density at radius 3 is 2.38 bits per heavy atom. The Balaban J connectivity index is 1.03. The van der Waals surface area contributed by atoms with E-state index in [-0.39, 0.29) is 18.2 Å². The summed E-state index contributed by atoms with van der Waals surface area (Å²) in [5.41, 5.74) is 5.08. The zero-order chi connectivity index (χ0) is 26.8. The fourth-order valence-corrected chi connectivity index (χ4v) is 5.91. The highest BCUT2D eigenvalue weighted by atomic mass is 16.5. The van der Waals surface area contributed by atoms with Crippen LogP contribution in [0.4, 0.5) is 0 Å². The Labute approximate surface area is 228 Å². The van der Waals surface area contributed by atoms with Crippen molar-refractivity contribution < 1.29 is 19.1 Å². The summed E-state index contributed by atoms with van der Waals surface area (Å²) in [7, 11) is 0. The Morgan fingerprint density at radius 1 is 0.897 bits per heavy atom. The fraction of sp³-hybridized carbons (Fsp3) is 0.355. The standard InChI is InChI=1S/C31H32N4O4/c36-29-9-8-27(30(37)33-29)35-19-26-25(31(35)38)2-1-3-28(26)39-20-22-6-4-21(5-7-22)18-34-16-12-24(13-17-34)23-10-14-32-15-11-23/h1-7,10-11,14-15,24,27H,8-9,12-13,16-20H2,(H,33,36,37). The summed E-state index contributed by atoms with van der Waals surface area (Å²) in [4.78, 5) is 45.1. The van der Waals surface area contributed by atoms with Crippen LogP contribution in [0.3, 0.4) is 0 Å². The first-order valence-corrected chi connectivity index (χ1v) is 13.6. The summed E-state index contributed by atoms with van der Waals surface area (Å²) in [6, 6.07) is 17.6. The van der Waals surface area contributed by atoms with Crippen molar-refractivity contribution in [3.63, 3.8) is 0 Å². The van der Waals surface area contributed by atoms with E-state index in [2.05, 4.69) is 51.6 Å². The minimum atomic E-state index is -0.635. The number of likely N-dealkylation sites (tertiary alicyclic amines) is 1. The molecule has 0 bridgehead atoms. The molecule has 3 aliphatic heterocycles. The van der Waals surface area contributed by atoms with Gasteiger partial charge in [-0.1, -0.05) is 30.3 Å². The van der Waals surface area contributed by atoms with Gasteiger partial charge < -0.3 is 9.64 Å². The van der Waals surface area contributed by atoms with Gasteiger partial charge in [0.15, 0.2) is 0 Å². The number of aromatic nitrogens is 1. The van der Waals surface area contributed by atoms with Crippen molar-refractivity contribution in [2.24, 2.45) is 0 Å². The molecule has 0 spiro atoms. The second-order valence-electron chi connectivity index (χ2n) is 10.6. The molecule has 8 nitrogen and oxygen atoms in total. The van der Waals surface area contributed by atoms with Gasteiger partial charge in [-0.3, -0.25) is 29.6 Å². The lowest BCUT2D eigenvalue weighted by molar-refractivity contribution is -0.136. The molecule has 1 atom stereocenters. The third-order valence-corrected chi connectivity index (χ3v) is 8.13. The number of carbonyl (C=O) groups is 3. The molecule has 6 rings (SSSR count). The number of piperidine rings is 2. The van der Waals surface area contributed by atoms with E-state index < -0.39 is 11.9 Å². The summed E-state index contributed by atoms with van der Waals surface area (Å²) < 4.78 is 6.16. The SMILES string of the molecule is O=C1CCC(N2Cc3c(OCc4ccc(CN5CCC(c6ccncc6)CC5)cc4)cccc3C2=O)C(=O)N1. The lowest BCUT2D eigenvalue weighted by Gasteiger charge is -2.32. The lowest BCUT2D eigenvalue weighted by Crippen LogP contribution is -2.52. The van der Waals surface area contributed by atoms with Gasteiger partial charge >= 0.3 is 0 Å². The number of rotatable bonds is 7. The number of ether oxygens (including phenoxy) is 1. The first kappa shape index (κ1) is 25.2. The van der Waals surface area contributed by atoms with E-state index in [0.717, 1.165) is 30.8 Å². The number of amides is 3. The molecule has 0 aliphatic carbocycles. The number of hydrogen-bond acceptors (Lipinski definition) is 6. The van der Waals surface area contributed by atoms with Gasteiger partial charge in [-0.15, -0.1) is 0 Å². The number of hydrogen-bond donors (Lipinski definition) is 1. The summed E-state index contributed by atoms with van der Waals surface area (Å²) in [5, 5.41) is 2.35. The molecular weight excluding hydrogens is 492 g/mol. The van der Waals surface area contributed by atoms with E-state index in [9.17, 15) is 14.4 Å². The molecule has 39 heavy (non-hydrogen) atoms. The highest BCUT2D eigenvalue weighted by molar-refractivity contribution is 6.05. The number of nitrogens with one attached hydrogen (secondary N) is 1. The van der Waals surface area contributed by atoms with E-state index in [1.165, 1.54) is 24.0 Å². The molecule has 200 valence electrons. The largest absolute Gasteiger partial charge is 0.489 e. The maximum Gasteiger partial charge on any atom is 0.255 e. The number of pyridine rings is 1. The van der Waals surface area contributed by atoms with E-state index in [1.807, 2.05) is 18.5 Å². The van der Waals surface area contributed by atoms with Crippen molar-refractivity contribution >= 4 is 17.7 Å². The van der Waals surface area contributed by atoms with E-state index >= 15 is 0 Å². The third-order valence-electron chi connectivity index (χ3n) is 8.13. The van der Waals surface area contributed by atoms with Crippen molar-refractivity contribution in [2.45, 2.75) is 57.3 Å². The maximum atomic E-state index is 13.0. The average molecular weight is 525 g/mol. The predicted molar refractivity (Wildman–Crippen MR) is 145 cm³/mol. The minimum absolute atomic E-state index is 0.195. The van der Waals surface area contributed by atoms with Crippen LogP contribution in [0.1, 0.15) is 64.2 Å². The molecule has 4 heterocycles. The van der Waals surface area contributed by atoms with E-state index in [0.29, 0.717) is 36.8 Å². The molecular formula is C31H32N4O4. The second kappa shape index (κ2) is 11.0. The normalized spacial score (nSPS) is 20.2. The van der Waals surface area contributed by atoms with Gasteiger partial charge in [-0.05, 0) is 79.2 Å². The van der Waals surface area contributed by atoms with Crippen molar-refractivity contribution in [3.05, 3.63) is 94.8 Å². The molecule has 3 aliphatic rings. The van der Waals surface area contributed by atoms with Gasteiger partial charge in [0.1, 0.15) is 18.4 Å². The van der Waals surface area contributed by atoms with Crippen LogP contribution < -0.4 is 10.1 Å². The van der Waals surface area contributed by atoms with Gasteiger partial charge in [0.2, 0.25) is 11.8 Å². The van der Waals surface area contributed by atoms with Crippen LogP contribution in [-0.4, -0.2) is 51.6 Å². The number of imide groups is 1. The lowest BCUT2D eigenvalue weighted by atomic mass is 9.90. The van der Waals surface area contributed by atoms with E-state index in [1.54, 1.807) is 17.0 Å². The van der Waals surface area contributed by atoms with Gasteiger partial charge in [-0.2, -0.15) is 0 Å². The Hall–Kier alpha value is -4.04. The molecule has 2 aromatic carbocycles. The average Bonchev–Trinajstić information content (AvgIpc) is 3.30. The Bertz CT molecular complexity index is 1370. The summed E-state index contributed by atoms with van der Waals surface area (Å²) in [6.07, 6.45) is 6.68. The predicted octanol–water partition coefficient (Wildman–Crippen LogP) is 3.80. The highest BCUT2D eigenvalue weighted by Crippen LogP contribution is 2.34. The Morgan fingerprint density at radius 2 is 1.64 bits per heavy atom. The van der Waals surface area contributed by atoms with Gasteiger partial charge in [0.05, 0.1) is 6.54 Å².